The second-order valence-corrected chi connectivity index (χ2v) is 18.7. The van der Waals surface area contributed by atoms with Crippen LogP contribution in [-0.2, 0) is 19.0 Å². The minimum atomic E-state index is -0.661. The Morgan fingerprint density at radius 3 is 1.80 bits per heavy atom. The van der Waals surface area contributed by atoms with E-state index in [1.54, 1.807) is 109 Å². The number of rotatable bonds is 14. The van der Waals surface area contributed by atoms with Gasteiger partial charge in [0, 0.05) is 34.8 Å². The predicted octanol–water partition coefficient (Wildman–Crippen LogP) is 12.3. The number of aldehydes is 1. The van der Waals surface area contributed by atoms with Crippen molar-refractivity contribution in [3.8, 4) is 22.9 Å². The summed E-state index contributed by atoms with van der Waals surface area (Å²) in [6, 6.07) is 26.1. The van der Waals surface area contributed by atoms with Gasteiger partial charge in [-0.2, -0.15) is 0 Å². The molecular formula is C53H58F2N8O10S2. The highest BCUT2D eigenvalue weighted by Gasteiger charge is 2.20. The first-order valence-electron chi connectivity index (χ1n) is 22.4. The minimum absolute atomic E-state index is 0. The van der Waals surface area contributed by atoms with Crippen LogP contribution >= 0.6 is 23.5 Å². The summed E-state index contributed by atoms with van der Waals surface area (Å²) in [5.41, 5.74) is 1.11. The van der Waals surface area contributed by atoms with Crippen LogP contribution in [0.5, 0.6) is 17.2 Å². The Kier molecular flexibility index (Phi) is 22.0. The fraction of sp³-hybridized carbons (Fsp3) is 0.264. The van der Waals surface area contributed by atoms with Crippen molar-refractivity contribution in [2.45, 2.75) is 77.4 Å². The highest BCUT2D eigenvalue weighted by Crippen LogP contribution is 2.27. The summed E-state index contributed by atoms with van der Waals surface area (Å²) in [5.74, 6) is -0.0272. The zero-order chi connectivity index (χ0) is 54.0. The third-order valence-corrected chi connectivity index (χ3v) is 10.1. The van der Waals surface area contributed by atoms with Crippen molar-refractivity contribution in [2.24, 2.45) is 0 Å². The third kappa shape index (κ3) is 19.4. The average Bonchev–Trinajstić information content (AvgIpc) is 3.34. The molecular weight excluding hydrogens is 1010 g/mol. The minimum Gasteiger partial charge on any atom is -0.482 e. The van der Waals surface area contributed by atoms with Crippen LogP contribution in [0.15, 0.2) is 131 Å². The van der Waals surface area contributed by atoms with Gasteiger partial charge in [0.15, 0.2) is 34.6 Å². The predicted molar refractivity (Wildman–Crippen MR) is 287 cm³/mol. The summed E-state index contributed by atoms with van der Waals surface area (Å²) < 4.78 is 53.2. The molecule has 0 radical (unpaired) electrons. The fourth-order valence-electron chi connectivity index (χ4n) is 6.01. The molecule has 0 saturated heterocycles. The molecule has 4 aromatic carbocycles. The number of hydrogen-bond acceptors (Lipinski definition) is 17. The second kappa shape index (κ2) is 27.8. The molecule has 0 aliphatic rings. The van der Waals surface area contributed by atoms with Crippen molar-refractivity contribution >= 4 is 81.9 Å². The van der Waals surface area contributed by atoms with Gasteiger partial charge in [-0.25, -0.2) is 43.1 Å². The topological polar surface area (TPSA) is 224 Å². The molecule has 2 amide bonds. The number of esters is 1. The molecule has 0 bridgehead atoms. The summed E-state index contributed by atoms with van der Waals surface area (Å²) in [5, 5.41) is 10.0. The highest BCUT2D eigenvalue weighted by atomic mass is 32.2. The van der Waals surface area contributed by atoms with Gasteiger partial charge in [0.1, 0.15) is 40.2 Å². The number of nitrogens with zero attached hydrogens (tertiary/aromatic N) is 5. The molecule has 396 valence electrons. The van der Waals surface area contributed by atoms with Gasteiger partial charge in [0.05, 0.1) is 17.9 Å². The summed E-state index contributed by atoms with van der Waals surface area (Å²) in [7, 11) is 0. The van der Waals surface area contributed by atoms with Gasteiger partial charge in [-0.05, 0) is 152 Å². The molecule has 3 aromatic heterocycles. The Hall–Kier alpha value is -8.11. The quantitative estimate of drug-likeness (QED) is 0.0303. The Labute approximate surface area is 441 Å². The molecule has 7 rings (SSSR count). The molecule has 75 heavy (non-hydrogen) atoms. The molecule has 22 heteroatoms. The van der Waals surface area contributed by atoms with Gasteiger partial charge < -0.3 is 29.0 Å². The van der Waals surface area contributed by atoms with Gasteiger partial charge in [-0.3, -0.25) is 24.8 Å². The van der Waals surface area contributed by atoms with E-state index < -0.39 is 40.7 Å². The van der Waals surface area contributed by atoms with Crippen LogP contribution in [0.25, 0.3) is 16.7 Å². The Morgan fingerprint density at radius 2 is 1.24 bits per heavy atom. The number of aromatic nitrogens is 5. The van der Waals surface area contributed by atoms with Gasteiger partial charge in [-0.15, -0.1) is 0 Å². The number of benzene rings is 4. The van der Waals surface area contributed by atoms with Crippen LogP contribution in [0.2, 0.25) is 0 Å². The third-order valence-electron chi connectivity index (χ3n) is 9.01. The van der Waals surface area contributed by atoms with Crippen molar-refractivity contribution in [1.29, 1.82) is 0 Å². The zero-order valence-corrected chi connectivity index (χ0v) is 43.5. The molecule has 18 nitrogen and oxygen atoms in total. The molecule has 3 N–H and O–H groups in total. The van der Waals surface area contributed by atoms with E-state index in [1.165, 1.54) is 82.8 Å². The maximum atomic E-state index is 13.6. The molecule has 0 saturated carbocycles. The Morgan fingerprint density at radius 1 is 0.707 bits per heavy atom. The lowest BCUT2D eigenvalue weighted by atomic mass is 10.2. The summed E-state index contributed by atoms with van der Waals surface area (Å²) in [6.07, 6.45) is 6.29. The van der Waals surface area contributed by atoms with E-state index >= 15 is 0 Å². The number of hydrogen-bond donors (Lipinski definition) is 3. The first kappa shape index (κ1) is 59.5. The molecule has 0 fully saturated rings. The Bertz CT molecular complexity index is 3120. The van der Waals surface area contributed by atoms with Crippen LogP contribution in [-0.4, -0.2) is 85.9 Å². The van der Waals surface area contributed by atoms with E-state index in [2.05, 4.69) is 40.6 Å². The lowest BCUT2D eigenvalue weighted by Gasteiger charge is -2.20. The van der Waals surface area contributed by atoms with Crippen molar-refractivity contribution in [3.63, 3.8) is 0 Å². The molecule has 7 aromatic rings. The first-order valence-corrected chi connectivity index (χ1v) is 24.9. The number of anilines is 4. The first-order chi connectivity index (χ1) is 35.1. The van der Waals surface area contributed by atoms with Crippen LogP contribution < -0.4 is 31.0 Å². The molecule has 0 spiro atoms. The number of amides is 2. The van der Waals surface area contributed by atoms with Crippen LogP contribution in [0.1, 0.15) is 66.3 Å². The van der Waals surface area contributed by atoms with Gasteiger partial charge in [0.2, 0.25) is 0 Å². The van der Waals surface area contributed by atoms with Crippen LogP contribution in [0.4, 0.5) is 41.2 Å². The lowest BCUT2D eigenvalue weighted by molar-refractivity contribution is -0.145. The van der Waals surface area contributed by atoms with Crippen LogP contribution in [0, 0.1) is 11.6 Å². The van der Waals surface area contributed by atoms with Crippen molar-refractivity contribution in [2.75, 3.05) is 41.7 Å². The normalized spacial score (nSPS) is 10.7. The summed E-state index contributed by atoms with van der Waals surface area (Å²) >= 11 is 2.72. The zero-order valence-electron chi connectivity index (χ0n) is 41.9. The van der Waals surface area contributed by atoms with E-state index in [0.29, 0.717) is 79.9 Å². The van der Waals surface area contributed by atoms with Crippen molar-refractivity contribution < 1.29 is 51.6 Å². The summed E-state index contributed by atoms with van der Waals surface area (Å²) in [4.78, 5) is 76.9. The molecule has 0 aliphatic heterocycles. The smallest absolute Gasteiger partial charge is 0.412 e. The van der Waals surface area contributed by atoms with Gasteiger partial charge in [0.25, 0.3) is 5.56 Å². The maximum Gasteiger partial charge on any atom is 0.412 e. The second-order valence-electron chi connectivity index (χ2n) is 17.2. The average molecular weight is 1070 g/mol. The highest BCUT2D eigenvalue weighted by molar-refractivity contribution is 7.98. The van der Waals surface area contributed by atoms with E-state index in [-0.39, 0.29) is 25.6 Å². The number of nitrogens with one attached hydrogen (secondary N) is 3. The van der Waals surface area contributed by atoms with E-state index in [0.717, 1.165) is 0 Å². The van der Waals surface area contributed by atoms with E-state index in [1.807, 2.05) is 12.5 Å². The summed E-state index contributed by atoms with van der Waals surface area (Å²) in [6.45, 7) is 12.6. The number of pyridine rings is 1. The monoisotopic (exact) mass is 1070 g/mol. The molecule has 0 atom stereocenters. The van der Waals surface area contributed by atoms with Crippen molar-refractivity contribution in [1.82, 2.24) is 24.5 Å². The van der Waals surface area contributed by atoms with Crippen LogP contribution in [0.3, 0.4) is 0 Å². The van der Waals surface area contributed by atoms with E-state index in [9.17, 15) is 32.8 Å². The maximum absolute atomic E-state index is 13.6. The van der Waals surface area contributed by atoms with Gasteiger partial charge >= 0.3 is 18.2 Å². The number of halogens is 2. The molecule has 0 unspecified atom stereocenters. The SMILES string of the molecule is C.CCOC(=O)COc1ccc(F)cc1.CSc1ncc(C=O)c(Nc2cccc(NC(=O)OC(C)(C)C)c2)n1.CSc1ncc2cc(Oc3ccc(F)cc3)c(=O)n(-c3cccc(NC(=O)OC(C)(C)C)c3)c2n1. The Balaban J connectivity index is 0.000000265. The molecule has 0 aliphatic carbocycles. The van der Waals surface area contributed by atoms with Crippen molar-refractivity contribution in [3.05, 3.63) is 143 Å². The lowest BCUT2D eigenvalue weighted by Crippen LogP contribution is -2.27. The standard InChI is InChI=1S/C25H23FN4O4S.C17H20N4O3S.C10H11FO3.CH4/c1-25(2,3)34-24(32)28-17-6-5-7-18(13-17)30-21-15(14-27-23(29-21)35-4)12-20(22(30)31)33-19-10-8-16(26)9-11-19;1-17(2,3)24-16(23)20-13-7-5-6-12(8-13)19-14-11(10-22)9-18-15(21-14)25-4;1-2-13-10(12)7-14-9-5-3-8(11)4-6-9;/h5-14H,1-4H3,(H,28,32);5-10H,1-4H3,(H,20,23)(H,18,19,21);3-6H,2,7H2,1H3;1H4. The number of thioether (sulfide) groups is 2. The largest absolute Gasteiger partial charge is 0.482 e. The number of carbonyl (C=O) groups excluding carboxylic acids is 4. The number of carbonyl (C=O) groups is 4. The number of fused-ring (bicyclic) bond motifs is 1. The van der Waals surface area contributed by atoms with E-state index in [4.69, 9.17) is 18.9 Å². The number of ether oxygens (including phenoxy) is 5. The fourth-order valence-corrected chi connectivity index (χ4v) is 6.69. The van der Waals surface area contributed by atoms with Gasteiger partial charge in [-0.1, -0.05) is 43.1 Å². The molecule has 3 heterocycles.